The summed E-state index contributed by atoms with van der Waals surface area (Å²) in [6.07, 6.45) is 0. The fraction of sp³-hybridized carbons (Fsp3) is 0.133. The molecule has 17 heavy (non-hydrogen) atoms. The second-order valence-corrected chi connectivity index (χ2v) is 4.03. The molecule has 0 fully saturated rings. The number of halogens is 1. The van der Waals surface area contributed by atoms with Crippen LogP contribution in [0.25, 0.3) is 11.1 Å². The third-order valence-electron chi connectivity index (χ3n) is 2.65. The number of nitriles is 1. The molecule has 0 unspecified atom stereocenters. The van der Waals surface area contributed by atoms with E-state index in [-0.39, 0.29) is 0 Å². The molecule has 2 heteroatoms. The molecular weight excluding hydrogens is 213 g/mol. The summed E-state index contributed by atoms with van der Waals surface area (Å²) in [5, 5.41) is 8.92. The molecule has 0 amide bonds. The minimum atomic E-state index is -0.447. The van der Waals surface area contributed by atoms with Crippen LogP contribution in [0.5, 0.6) is 0 Å². The molecule has 2 aromatic carbocycles. The Hall–Kier alpha value is -2.14. The minimum Gasteiger partial charge on any atom is -0.246 e. The van der Waals surface area contributed by atoms with Gasteiger partial charge in [0.1, 0.15) is 6.67 Å². The Balaban J connectivity index is 2.45. The van der Waals surface area contributed by atoms with Crippen molar-refractivity contribution in [3.8, 4) is 17.2 Å². The summed E-state index contributed by atoms with van der Waals surface area (Å²) in [4.78, 5) is 0. The molecular formula is C15H12FN. The summed E-state index contributed by atoms with van der Waals surface area (Å²) in [6, 6.07) is 15.1. The number of benzene rings is 2. The molecule has 0 aromatic heterocycles. The lowest BCUT2D eigenvalue weighted by molar-refractivity contribution is 0.485. The Morgan fingerprint density at radius 2 is 1.76 bits per heavy atom. The van der Waals surface area contributed by atoms with Crippen molar-refractivity contribution in [2.45, 2.75) is 13.6 Å². The maximum Gasteiger partial charge on any atom is 0.115 e. The van der Waals surface area contributed by atoms with Crippen LogP contribution < -0.4 is 0 Å². The van der Waals surface area contributed by atoms with Crippen LogP contribution in [-0.4, -0.2) is 0 Å². The standard InChI is InChI=1S/C15H12FN/c1-11-6-13(10-17)8-15(7-11)14-4-2-12(9-16)3-5-14/h2-8H,9H2,1H3. The molecule has 0 aliphatic heterocycles. The number of aryl methyl sites for hydroxylation is 1. The van der Waals surface area contributed by atoms with Crippen molar-refractivity contribution < 1.29 is 4.39 Å². The number of hydrogen-bond acceptors (Lipinski definition) is 1. The third kappa shape index (κ3) is 2.51. The van der Waals surface area contributed by atoms with Gasteiger partial charge in [0.25, 0.3) is 0 Å². The average Bonchev–Trinajstić information content (AvgIpc) is 2.38. The molecule has 0 heterocycles. The second kappa shape index (κ2) is 4.80. The van der Waals surface area contributed by atoms with Gasteiger partial charge in [-0.3, -0.25) is 0 Å². The first-order valence-corrected chi connectivity index (χ1v) is 5.40. The molecule has 1 nitrogen and oxygen atoms in total. The van der Waals surface area contributed by atoms with Gasteiger partial charge in [0, 0.05) is 0 Å². The zero-order chi connectivity index (χ0) is 12.3. The lowest BCUT2D eigenvalue weighted by Crippen LogP contribution is -1.84. The smallest absolute Gasteiger partial charge is 0.115 e. The summed E-state index contributed by atoms with van der Waals surface area (Å²) in [5.41, 5.74) is 4.36. The van der Waals surface area contributed by atoms with Gasteiger partial charge < -0.3 is 0 Å². The Morgan fingerprint density at radius 3 is 2.35 bits per heavy atom. The van der Waals surface area contributed by atoms with Crippen molar-refractivity contribution in [2.75, 3.05) is 0 Å². The topological polar surface area (TPSA) is 23.8 Å². The number of rotatable bonds is 2. The first kappa shape index (κ1) is 11.3. The van der Waals surface area contributed by atoms with E-state index < -0.39 is 6.67 Å². The van der Waals surface area contributed by atoms with Crippen molar-refractivity contribution in [3.05, 3.63) is 59.2 Å². The fourth-order valence-electron chi connectivity index (χ4n) is 1.80. The predicted octanol–water partition coefficient (Wildman–Crippen LogP) is 4.00. The quantitative estimate of drug-likeness (QED) is 0.757. The third-order valence-corrected chi connectivity index (χ3v) is 2.65. The van der Waals surface area contributed by atoms with E-state index in [0.717, 1.165) is 16.7 Å². The normalized spacial score (nSPS) is 9.94. The Labute approximate surface area is 100 Å². The van der Waals surface area contributed by atoms with Crippen LogP contribution in [0.3, 0.4) is 0 Å². The largest absolute Gasteiger partial charge is 0.246 e. The maximum absolute atomic E-state index is 12.4. The van der Waals surface area contributed by atoms with E-state index in [1.807, 2.05) is 37.3 Å². The monoisotopic (exact) mass is 225 g/mol. The lowest BCUT2D eigenvalue weighted by Gasteiger charge is -2.05. The highest BCUT2D eigenvalue weighted by atomic mass is 19.1. The van der Waals surface area contributed by atoms with Crippen LogP contribution >= 0.6 is 0 Å². The Kier molecular flexibility index (Phi) is 3.20. The molecule has 0 spiro atoms. The molecule has 0 atom stereocenters. The molecule has 0 aliphatic rings. The van der Waals surface area contributed by atoms with E-state index >= 15 is 0 Å². The van der Waals surface area contributed by atoms with Gasteiger partial charge in [0.15, 0.2) is 0 Å². The molecule has 0 bridgehead atoms. The molecule has 2 aromatic rings. The molecule has 0 radical (unpaired) electrons. The number of nitrogens with zero attached hydrogens (tertiary/aromatic N) is 1. The van der Waals surface area contributed by atoms with Gasteiger partial charge in [-0.25, -0.2) is 4.39 Å². The molecule has 0 saturated carbocycles. The average molecular weight is 225 g/mol. The summed E-state index contributed by atoms with van der Waals surface area (Å²) in [5.74, 6) is 0. The molecule has 84 valence electrons. The summed E-state index contributed by atoms with van der Waals surface area (Å²) < 4.78 is 12.4. The molecule has 0 N–H and O–H groups in total. The van der Waals surface area contributed by atoms with Gasteiger partial charge in [0.2, 0.25) is 0 Å². The molecule has 2 rings (SSSR count). The van der Waals surface area contributed by atoms with E-state index in [1.54, 1.807) is 12.1 Å². The van der Waals surface area contributed by atoms with Crippen molar-refractivity contribution in [2.24, 2.45) is 0 Å². The van der Waals surface area contributed by atoms with Gasteiger partial charge in [-0.15, -0.1) is 0 Å². The van der Waals surface area contributed by atoms with E-state index in [2.05, 4.69) is 6.07 Å². The molecule has 0 saturated heterocycles. The zero-order valence-corrected chi connectivity index (χ0v) is 9.57. The van der Waals surface area contributed by atoms with Crippen LogP contribution in [0.2, 0.25) is 0 Å². The van der Waals surface area contributed by atoms with Crippen molar-refractivity contribution in [1.82, 2.24) is 0 Å². The molecule has 0 aliphatic carbocycles. The Bertz CT molecular complexity index is 564. The van der Waals surface area contributed by atoms with E-state index in [9.17, 15) is 4.39 Å². The van der Waals surface area contributed by atoms with Gasteiger partial charge in [0.05, 0.1) is 11.6 Å². The zero-order valence-electron chi connectivity index (χ0n) is 9.57. The second-order valence-electron chi connectivity index (χ2n) is 4.03. The first-order chi connectivity index (χ1) is 8.22. The number of alkyl halides is 1. The van der Waals surface area contributed by atoms with Crippen molar-refractivity contribution in [1.29, 1.82) is 5.26 Å². The first-order valence-electron chi connectivity index (χ1n) is 5.40. The van der Waals surface area contributed by atoms with Crippen LogP contribution in [0.1, 0.15) is 16.7 Å². The number of hydrogen-bond donors (Lipinski definition) is 0. The highest BCUT2D eigenvalue weighted by Gasteiger charge is 2.01. The van der Waals surface area contributed by atoms with E-state index in [1.165, 1.54) is 0 Å². The van der Waals surface area contributed by atoms with Gasteiger partial charge >= 0.3 is 0 Å². The summed E-state index contributed by atoms with van der Waals surface area (Å²) in [7, 11) is 0. The lowest BCUT2D eigenvalue weighted by atomic mass is 10.00. The van der Waals surface area contributed by atoms with Crippen LogP contribution in [0, 0.1) is 18.3 Å². The SMILES string of the molecule is Cc1cc(C#N)cc(-c2ccc(CF)cc2)c1. The van der Waals surface area contributed by atoms with E-state index in [4.69, 9.17) is 5.26 Å². The van der Waals surface area contributed by atoms with Crippen LogP contribution in [0.4, 0.5) is 4.39 Å². The van der Waals surface area contributed by atoms with Gasteiger partial charge in [-0.05, 0) is 41.3 Å². The van der Waals surface area contributed by atoms with Crippen molar-refractivity contribution >= 4 is 0 Å². The minimum absolute atomic E-state index is 0.447. The van der Waals surface area contributed by atoms with Crippen LogP contribution in [-0.2, 0) is 6.67 Å². The van der Waals surface area contributed by atoms with E-state index in [0.29, 0.717) is 11.1 Å². The maximum atomic E-state index is 12.4. The highest BCUT2D eigenvalue weighted by Crippen LogP contribution is 2.22. The fourth-order valence-corrected chi connectivity index (χ4v) is 1.80. The predicted molar refractivity (Wildman–Crippen MR) is 66.1 cm³/mol. The van der Waals surface area contributed by atoms with Crippen molar-refractivity contribution in [3.63, 3.8) is 0 Å². The highest BCUT2D eigenvalue weighted by molar-refractivity contribution is 5.66. The Morgan fingerprint density at radius 1 is 1.06 bits per heavy atom. The van der Waals surface area contributed by atoms with Gasteiger partial charge in [-0.2, -0.15) is 5.26 Å². The summed E-state index contributed by atoms with van der Waals surface area (Å²) in [6.45, 7) is 1.51. The summed E-state index contributed by atoms with van der Waals surface area (Å²) >= 11 is 0. The van der Waals surface area contributed by atoms with Crippen LogP contribution in [0.15, 0.2) is 42.5 Å². The van der Waals surface area contributed by atoms with Gasteiger partial charge in [-0.1, -0.05) is 30.3 Å².